The first-order valence-electron chi connectivity index (χ1n) is 15.4. The average molecular weight is 560 g/mol. The lowest BCUT2D eigenvalue weighted by molar-refractivity contribution is -0.870. The maximum absolute atomic E-state index is 12.5. The lowest BCUT2D eigenvalue weighted by Crippen LogP contribution is -2.37. The van der Waals surface area contributed by atoms with E-state index in [1.807, 2.05) is 21.1 Å². The molecule has 2 unspecified atom stereocenters. The molecule has 0 spiro atoms. The van der Waals surface area contributed by atoms with E-state index in [0.29, 0.717) is 30.7 Å². The minimum atomic E-state index is -3.64. The normalized spacial score (nSPS) is 14.6. The summed E-state index contributed by atoms with van der Waals surface area (Å²) in [5.74, 6) is 0. The van der Waals surface area contributed by atoms with Gasteiger partial charge in [-0.3, -0.25) is 4.57 Å². The third kappa shape index (κ3) is 21.1. The van der Waals surface area contributed by atoms with Crippen molar-refractivity contribution in [1.82, 2.24) is 14.8 Å². The minimum absolute atomic E-state index is 0.0804. The Morgan fingerprint density at radius 3 is 1.84 bits per heavy atom. The Kier molecular flexibility index (Phi) is 20.4. The lowest BCUT2D eigenvalue weighted by Gasteiger charge is -2.24. The van der Waals surface area contributed by atoms with Crippen molar-refractivity contribution in [3.05, 3.63) is 12.7 Å². The van der Waals surface area contributed by atoms with Gasteiger partial charge in [-0.25, -0.2) is 9.67 Å². The molecule has 0 saturated heterocycles. The summed E-state index contributed by atoms with van der Waals surface area (Å²) in [4.78, 5) is 14.3. The minimum Gasteiger partial charge on any atom is -0.379 e. The van der Waals surface area contributed by atoms with E-state index in [4.69, 9.17) is 9.26 Å². The largest absolute Gasteiger partial charge is 0.379 e. The van der Waals surface area contributed by atoms with E-state index >= 15 is 0 Å². The van der Waals surface area contributed by atoms with Gasteiger partial charge < -0.3 is 18.6 Å². The highest BCUT2D eigenvalue weighted by atomic mass is 31.2. The number of likely N-dealkylation sites (N-methyl/N-ethyl adjacent to an activating group) is 1. The number of nitrogens with zero attached hydrogens (tertiary/aromatic N) is 4. The zero-order valence-corrected chi connectivity index (χ0v) is 26.1. The molecule has 0 aliphatic carbocycles. The molecule has 8 nitrogen and oxygen atoms in total. The molecule has 1 rings (SSSR count). The first kappa shape index (κ1) is 35.2. The van der Waals surface area contributed by atoms with Crippen molar-refractivity contribution >= 4 is 7.60 Å². The van der Waals surface area contributed by atoms with Gasteiger partial charge in [0.2, 0.25) is 0 Å². The van der Waals surface area contributed by atoms with Gasteiger partial charge in [0.05, 0.1) is 40.0 Å². The summed E-state index contributed by atoms with van der Waals surface area (Å²) >= 11 is 0. The SMILES string of the molecule is CCCCCCCCCCCCCCCCCCOCC(CCP(=O)(O)OCC[N+](C)(C)C)n1cncn1. The van der Waals surface area contributed by atoms with Gasteiger partial charge in [0.15, 0.2) is 0 Å². The Morgan fingerprint density at radius 1 is 0.842 bits per heavy atom. The second kappa shape index (κ2) is 22.0. The molecule has 1 aromatic heterocycles. The summed E-state index contributed by atoms with van der Waals surface area (Å²) in [7, 11) is 2.45. The summed E-state index contributed by atoms with van der Waals surface area (Å²) in [5.41, 5.74) is 0. The zero-order valence-electron chi connectivity index (χ0n) is 25.2. The van der Waals surface area contributed by atoms with Gasteiger partial charge >= 0.3 is 7.60 Å². The molecule has 2 atom stereocenters. The molecule has 9 heteroatoms. The van der Waals surface area contributed by atoms with E-state index in [1.54, 1.807) is 11.0 Å². The lowest BCUT2D eigenvalue weighted by atomic mass is 10.0. The van der Waals surface area contributed by atoms with Crippen LogP contribution in [-0.4, -0.2) is 77.8 Å². The van der Waals surface area contributed by atoms with Crippen LogP contribution in [0.1, 0.15) is 122 Å². The van der Waals surface area contributed by atoms with E-state index < -0.39 is 7.60 Å². The second-order valence-electron chi connectivity index (χ2n) is 11.9. The van der Waals surface area contributed by atoms with E-state index in [-0.39, 0.29) is 18.8 Å². The maximum Gasteiger partial charge on any atom is 0.328 e. The van der Waals surface area contributed by atoms with Crippen LogP contribution in [0, 0.1) is 0 Å². The molecule has 0 aliphatic heterocycles. The molecular weight excluding hydrogens is 499 g/mol. The zero-order chi connectivity index (χ0) is 28.0. The molecule has 1 N–H and O–H groups in total. The van der Waals surface area contributed by atoms with Gasteiger partial charge in [0, 0.05) is 6.61 Å². The number of rotatable bonds is 27. The molecule has 0 amide bonds. The van der Waals surface area contributed by atoms with Crippen molar-refractivity contribution < 1.29 is 23.2 Å². The molecule has 1 heterocycles. The Labute approximate surface area is 234 Å². The van der Waals surface area contributed by atoms with Crippen LogP contribution in [0.25, 0.3) is 0 Å². The summed E-state index contributed by atoms with van der Waals surface area (Å²) in [6.07, 6.45) is 25.3. The van der Waals surface area contributed by atoms with E-state index in [2.05, 4.69) is 17.0 Å². The highest BCUT2D eigenvalue weighted by Crippen LogP contribution is 2.43. The van der Waals surface area contributed by atoms with E-state index in [9.17, 15) is 9.46 Å². The van der Waals surface area contributed by atoms with Gasteiger partial charge in [-0.1, -0.05) is 103 Å². The highest BCUT2D eigenvalue weighted by molar-refractivity contribution is 7.52. The Bertz CT molecular complexity index is 697. The van der Waals surface area contributed by atoms with Gasteiger partial charge in [-0.15, -0.1) is 0 Å². The fourth-order valence-corrected chi connectivity index (χ4v) is 5.62. The van der Waals surface area contributed by atoms with Crippen molar-refractivity contribution in [2.24, 2.45) is 0 Å². The van der Waals surface area contributed by atoms with E-state index in [0.717, 1.165) is 6.42 Å². The van der Waals surface area contributed by atoms with Crippen LogP contribution in [0.3, 0.4) is 0 Å². The van der Waals surface area contributed by atoms with Crippen LogP contribution in [0.2, 0.25) is 0 Å². The molecule has 38 heavy (non-hydrogen) atoms. The summed E-state index contributed by atoms with van der Waals surface area (Å²) in [5, 5.41) is 4.22. The standard InChI is InChI=1S/C29H59N4O4P/c1-5-6-7-8-9-10-11-12-13-14-15-16-17-18-19-20-23-36-26-29(32-28-30-27-31-32)21-25-38(34,35)37-24-22-33(2,3)4/h27-29H,5-26H2,1-4H3/p+1. The monoisotopic (exact) mass is 559 g/mol. The van der Waals surface area contributed by atoms with Crippen molar-refractivity contribution in [2.45, 2.75) is 122 Å². The molecule has 0 bridgehead atoms. The number of unbranched alkanes of at least 4 members (excludes halogenated alkanes) is 15. The van der Waals surface area contributed by atoms with Crippen LogP contribution in [0.5, 0.6) is 0 Å². The predicted octanol–water partition coefficient (Wildman–Crippen LogP) is 7.40. The molecule has 1 aromatic rings. The molecule has 0 aromatic carbocycles. The predicted molar refractivity (Wildman–Crippen MR) is 158 cm³/mol. The quantitative estimate of drug-likeness (QED) is 0.0687. The highest BCUT2D eigenvalue weighted by Gasteiger charge is 2.24. The molecule has 0 fully saturated rings. The number of aromatic nitrogens is 3. The van der Waals surface area contributed by atoms with Gasteiger partial charge in [-0.2, -0.15) is 5.10 Å². The smallest absolute Gasteiger partial charge is 0.328 e. The van der Waals surface area contributed by atoms with E-state index in [1.165, 1.54) is 103 Å². The first-order valence-corrected chi connectivity index (χ1v) is 17.2. The summed E-state index contributed by atoms with van der Waals surface area (Å²) in [6.45, 7) is 4.39. The number of quaternary nitrogens is 1. The average Bonchev–Trinajstić information content (AvgIpc) is 3.39. The summed E-state index contributed by atoms with van der Waals surface area (Å²) in [6, 6.07) is -0.124. The number of hydrogen-bond acceptors (Lipinski definition) is 5. The first-order chi connectivity index (χ1) is 18.2. The van der Waals surface area contributed by atoms with Crippen LogP contribution >= 0.6 is 7.60 Å². The molecule has 0 radical (unpaired) electrons. The molecule has 0 aliphatic rings. The van der Waals surface area contributed by atoms with Crippen LogP contribution in [0.4, 0.5) is 0 Å². The topological polar surface area (TPSA) is 86.5 Å². The second-order valence-corrected chi connectivity index (χ2v) is 13.9. The molecular formula is C29H60N4O4P+. The number of hydrogen-bond donors (Lipinski definition) is 1. The van der Waals surface area contributed by atoms with Crippen LogP contribution < -0.4 is 0 Å². The van der Waals surface area contributed by atoms with Crippen molar-refractivity contribution in [3.63, 3.8) is 0 Å². The third-order valence-electron chi connectivity index (χ3n) is 7.06. The van der Waals surface area contributed by atoms with Crippen LogP contribution in [-0.2, 0) is 13.8 Å². The molecule has 224 valence electrons. The third-order valence-corrected chi connectivity index (χ3v) is 8.47. The van der Waals surface area contributed by atoms with Gasteiger partial charge in [0.25, 0.3) is 0 Å². The molecule has 0 saturated carbocycles. The van der Waals surface area contributed by atoms with Crippen molar-refractivity contribution in [2.75, 3.05) is 53.7 Å². The van der Waals surface area contributed by atoms with Crippen molar-refractivity contribution in [3.8, 4) is 0 Å². The van der Waals surface area contributed by atoms with Gasteiger partial charge in [-0.05, 0) is 12.8 Å². The number of ether oxygens (including phenoxy) is 1. The van der Waals surface area contributed by atoms with Crippen LogP contribution in [0.15, 0.2) is 12.7 Å². The fraction of sp³-hybridized carbons (Fsp3) is 0.931. The van der Waals surface area contributed by atoms with Crippen molar-refractivity contribution in [1.29, 1.82) is 0 Å². The maximum atomic E-state index is 12.5. The Balaban J connectivity index is 2.04. The fourth-order valence-electron chi connectivity index (χ4n) is 4.50. The van der Waals surface area contributed by atoms with Gasteiger partial charge in [0.1, 0.15) is 25.8 Å². The Hall–Kier alpha value is -0.790. The summed E-state index contributed by atoms with van der Waals surface area (Å²) < 4.78 is 26.1. The Morgan fingerprint density at radius 2 is 1.37 bits per heavy atom.